The van der Waals surface area contributed by atoms with Crippen LogP contribution in [0.1, 0.15) is 0 Å². The van der Waals surface area contributed by atoms with E-state index in [9.17, 15) is 13.2 Å². The van der Waals surface area contributed by atoms with Gasteiger partial charge < -0.3 is 10.1 Å². The Bertz CT molecular complexity index is 886. The molecule has 0 bridgehead atoms. The van der Waals surface area contributed by atoms with E-state index in [2.05, 4.69) is 5.32 Å². The zero-order chi connectivity index (χ0) is 19.3. The van der Waals surface area contributed by atoms with Crippen molar-refractivity contribution in [1.82, 2.24) is 4.31 Å². The Kier molecular flexibility index (Phi) is 6.94. The van der Waals surface area contributed by atoms with E-state index >= 15 is 0 Å². The lowest BCUT2D eigenvalue weighted by molar-refractivity contribution is -0.116. The summed E-state index contributed by atoms with van der Waals surface area (Å²) in [5.74, 6) is -0.0710. The molecule has 0 aliphatic rings. The maximum Gasteiger partial charge on any atom is 0.243 e. The highest BCUT2D eigenvalue weighted by Gasteiger charge is 2.23. The average molecular weight is 415 g/mol. The molecule has 1 amide bonds. The highest BCUT2D eigenvalue weighted by Crippen LogP contribution is 2.27. The Morgan fingerprint density at radius 2 is 1.88 bits per heavy atom. The van der Waals surface area contributed by atoms with E-state index in [0.29, 0.717) is 16.5 Å². The Morgan fingerprint density at radius 1 is 1.23 bits per heavy atom. The van der Waals surface area contributed by atoms with Crippen LogP contribution in [0, 0.1) is 0 Å². The van der Waals surface area contributed by atoms with Crippen LogP contribution in [0.2, 0.25) is 5.02 Å². The fourth-order valence-electron chi connectivity index (χ4n) is 2.18. The molecule has 26 heavy (non-hydrogen) atoms. The molecule has 2 aromatic carbocycles. The predicted octanol–water partition coefficient (Wildman–Crippen LogP) is 3.33. The first-order chi connectivity index (χ1) is 12.3. The summed E-state index contributed by atoms with van der Waals surface area (Å²) in [5.41, 5.74) is 0.375. The van der Waals surface area contributed by atoms with Crippen LogP contribution < -0.4 is 10.1 Å². The molecule has 0 aromatic heterocycles. The first kappa shape index (κ1) is 20.6. The standard InChI is InChI=1S/C17H19ClN2O4S2/c1-20(26(22,23)14-7-5-13(25-3)6-8-14)11-17(21)19-15-10-12(18)4-9-16(15)24-2/h4-10H,11H2,1-3H3,(H,19,21). The number of halogens is 1. The molecule has 9 heteroatoms. The van der Waals surface area contributed by atoms with Gasteiger partial charge in [-0.1, -0.05) is 11.6 Å². The summed E-state index contributed by atoms with van der Waals surface area (Å²) < 4.78 is 31.3. The third-order valence-electron chi connectivity index (χ3n) is 3.57. The number of nitrogens with one attached hydrogen (secondary N) is 1. The van der Waals surface area contributed by atoms with Crippen LogP contribution in [0.25, 0.3) is 0 Å². The largest absolute Gasteiger partial charge is 0.495 e. The summed E-state index contributed by atoms with van der Waals surface area (Å²) in [6.07, 6.45) is 1.91. The second kappa shape index (κ2) is 8.77. The summed E-state index contributed by atoms with van der Waals surface area (Å²) in [6.45, 7) is -0.345. The van der Waals surface area contributed by atoms with Crippen molar-refractivity contribution in [2.75, 3.05) is 32.3 Å². The third-order valence-corrected chi connectivity index (χ3v) is 6.37. The van der Waals surface area contributed by atoms with Gasteiger partial charge in [0.15, 0.2) is 0 Å². The lowest BCUT2D eigenvalue weighted by atomic mass is 10.3. The lowest BCUT2D eigenvalue weighted by Gasteiger charge is -2.18. The topological polar surface area (TPSA) is 75.7 Å². The van der Waals surface area contributed by atoms with Gasteiger partial charge in [0.25, 0.3) is 0 Å². The normalized spacial score (nSPS) is 11.4. The Morgan fingerprint density at radius 3 is 2.46 bits per heavy atom. The minimum absolute atomic E-state index is 0.130. The first-order valence-corrected chi connectivity index (χ1v) is 10.6. The number of thioether (sulfide) groups is 1. The quantitative estimate of drug-likeness (QED) is 0.703. The number of hydrogen-bond acceptors (Lipinski definition) is 5. The minimum Gasteiger partial charge on any atom is -0.495 e. The number of methoxy groups -OCH3 is 1. The molecule has 140 valence electrons. The van der Waals surface area contributed by atoms with E-state index in [-0.39, 0.29) is 11.4 Å². The fourth-order valence-corrected chi connectivity index (χ4v) is 3.89. The Balaban J connectivity index is 2.11. The van der Waals surface area contributed by atoms with Crippen LogP contribution >= 0.6 is 23.4 Å². The second-order valence-corrected chi connectivity index (χ2v) is 8.69. The zero-order valence-corrected chi connectivity index (χ0v) is 16.9. The van der Waals surface area contributed by atoms with Gasteiger partial charge in [-0.15, -0.1) is 11.8 Å². The molecule has 2 aromatic rings. The van der Waals surface area contributed by atoms with Gasteiger partial charge in [-0.05, 0) is 48.7 Å². The molecule has 0 fully saturated rings. The lowest BCUT2D eigenvalue weighted by Crippen LogP contribution is -2.35. The number of carbonyl (C=O) groups excluding carboxylic acids is 1. The predicted molar refractivity (Wildman–Crippen MR) is 105 cm³/mol. The minimum atomic E-state index is -3.77. The van der Waals surface area contributed by atoms with Gasteiger partial charge in [0, 0.05) is 17.0 Å². The number of ether oxygens (including phenoxy) is 1. The first-order valence-electron chi connectivity index (χ1n) is 7.51. The van der Waals surface area contributed by atoms with Crippen molar-refractivity contribution in [3.63, 3.8) is 0 Å². The number of sulfonamides is 1. The average Bonchev–Trinajstić information content (AvgIpc) is 2.61. The molecule has 1 N–H and O–H groups in total. The number of carbonyl (C=O) groups is 1. The zero-order valence-electron chi connectivity index (χ0n) is 14.5. The molecule has 0 spiro atoms. The van der Waals surface area contributed by atoms with Crippen LogP contribution in [-0.2, 0) is 14.8 Å². The number of likely N-dealkylation sites (N-methyl/N-ethyl adjacent to an activating group) is 1. The molecule has 0 aliphatic carbocycles. The van der Waals surface area contributed by atoms with E-state index in [1.54, 1.807) is 24.3 Å². The number of benzene rings is 2. The maximum absolute atomic E-state index is 12.6. The van der Waals surface area contributed by atoms with Crippen LogP contribution in [0.15, 0.2) is 52.3 Å². The van der Waals surface area contributed by atoms with Gasteiger partial charge in [-0.2, -0.15) is 4.31 Å². The van der Waals surface area contributed by atoms with E-state index in [1.165, 1.54) is 44.1 Å². The van der Waals surface area contributed by atoms with Crippen molar-refractivity contribution in [3.8, 4) is 5.75 Å². The van der Waals surface area contributed by atoms with Crippen molar-refractivity contribution < 1.29 is 17.9 Å². The van der Waals surface area contributed by atoms with Crippen LogP contribution in [-0.4, -0.2) is 45.6 Å². The Hall–Kier alpha value is -1.74. The number of hydrogen-bond donors (Lipinski definition) is 1. The SMILES string of the molecule is COc1ccc(Cl)cc1NC(=O)CN(C)S(=O)(=O)c1ccc(SC)cc1. The Labute approximate surface area is 162 Å². The maximum atomic E-state index is 12.6. The molecule has 0 atom stereocenters. The monoisotopic (exact) mass is 414 g/mol. The van der Waals surface area contributed by atoms with Crippen molar-refractivity contribution >= 4 is 45.0 Å². The van der Waals surface area contributed by atoms with Crippen LogP contribution in [0.4, 0.5) is 5.69 Å². The summed E-state index contributed by atoms with van der Waals surface area (Å²) in [4.78, 5) is 13.3. The van der Waals surface area contributed by atoms with E-state index < -0.39 is 15.9 Å². The molecule has 0 saturated carbocycles. The molecule has 0 unspecified atom stereocenters. The summed E-state index contributed by atoms with van der Waals surface area (Å²) >= 11 is 7.44. The highest BCUT2D eigenvalue weighted by atomic mass is 35.5. The second-order valence-electron chi connectivity index (χ2n) is 5.33. The van der Waals surface area contributed by atoms with Crippen LogP contribution in [0.3, 0.4) is 0 Å². The number of anilines is 1. The van der Waals surface area contributed by atoms with Gasteiger partial charge in [0.05, 0.1) is 24.2 Å². The van der Waals surface area contributed by atoms with E-state index in [4.69, 9.17) is 16.3 Å². The van der Waals surface area contributed by atoms with E-state index in [0.717, 1.165) is 9.20 Å². The molecule has 2 rings (SSSR count). The number of nitrogens with zero attached hydrogens (tertiary/aromatic N) is 1. The summed E-state index contributed by atoms with van der Waals surface area (Å²) in [6, 6.07) is 11.3. The van der Waals surface area contributed by atoms with Crippen molar-refractivity contribution in [1.29, 1.82) is 0 Å². The number of amides is 1. The summed E-state index contributed by atoms with van der Waals surface area (Å²) in [7, 11) is -0.949. The van der Waals surface area contributed by atoms with Gasteiger partial charge in [0.1, 0.15) is 5.75 Å². The highest BCUT2D eigenvalue weighted by molar-refractivity contribution is 7.98. The molecule has 0 aliphatic heterocycles. The molecule has 0 saturated heterocycles. The van der Waals surface area contributed by atoms with Crippen molar-refractivity contribution in [3.05, 3.63) is 47.5 Å². The van der Waals surface area contributed by atoms with Gasteiger partial charge in [-0.3, -0.25) is 4.79 Å². The van der Waals surface area contributed by atoms with Crippen molar-refractivity contribution in [2.24, 2.45) is 0 Å². The molecule has 0 radical (unpaired) electrons. The van der Waals surface area contributed by atoms with Gasteiger partial charge in [-0.25, -0.2) is 8.42 Å². The molecule has 0 heterocycles. The molecule has 6 nitrogen and oxygen atoms in total. The molecular formula is C17H19ClN2O4S2. The van der Waals surface area contributed by atoms with Gasteiger partial charge in [0.2, 0.25) is 15.9 Å². The third kappa shape index (κ3) is 4.91. The van der Waals surface area contributed by atoms with Crippen molar-refractivity contribution in [2.45, 2.75) is 9.79 Å². The van der Waals surface area contributed by atoms with Crippen LogP contribution in [0.5, 0.6) is 5.75 Å². The fraction of sp³-hybridized carbons (Fsp3) is 0.235. The van der Waals surface area contributed by atoms with E-state index in [1.807, 2.05) is 6.26 Å². The number of rotatable bonds is 7. The smallest absolute Gasteiger partial charge is 0.243 e. The summed E-state index contributed by atoms with van der Waals surface area (Å²) in [5, 5.41) is 3.04. The molecular weight excluding hydrogens is 396 g/mol. The van der Waals surface area contributed by atoms with Gasteiger partial charge >= 0.3 is 0 Å².